The van der Waals surface area contributed by atoms with Crippen molar-refractivity contribution in [1.82, 2.24) is 9.55 Å². The third-order valence-corrected chi connectivity index (χ3v) is 5.66. The lowest BCUT2D eigenvalue weighted by Gasteiger charge is -2.08. The number of hydrogen-bond donors (Lipinski definition) is 1. The molecule has 0 bridgehead atoms. The van der Waals surface area contributed by atoms with Crippen molar-refractivity contribution >= 4 is 51.6 Å². The molecule has 0 aliphatic rings. The number of aromatic nitrogens is 2. The molecule has 0 radical (unpaired) electrons. The Morgan fingerprint density at radius 2 is 1.81 bits per heavy atom. The van der Waals surface area contributed by atoms with Crippen LogP contribution in [0.4, 0.5) is 5.69 Å². The second-order valence-corrected chi connectivity index (χ2v) is 8.01. The van der Waals surface area contributed by atoms with Crippen LogP contribution in [0, 0.1) is 6.92 Å². The van der Waals surface area contributed by atoms with Gasteiger partial charge in [-0.2, -0.15) is 0 Å². The van der Waals surface area contributed by atoms with Crippen LogP contribution < -0.4 is 10.1 Å². The molecule has 0 saturated heterocycles. The molecule has 4 aromatic rings. The van der Waals surface area contributed by atoms with E-state index < -0.39 is 0 Å². The van der Waals surface area contributed by atoms with E-state index in [1.165, 1.54) is 6.20 Å². The number of nitrogens with one attached hydrogen (secondary N) is 1. The first kappa shape index (κ1) is 21.9. The third-order valence-electron chi connectivity index (χ3n) is 5.18. The van der Waals surface area contributed by atoms with Gasteiger partial charge in [0, 0.05) is 21.7 Å². The molecule has 162 valence electrons. The van der Waals surface area contributed by atoms with E-state index in [0.717, 1.165) is 10.9 Å². The summed E-state index contributed by atoms with van der Waals surface area (Å²) >= 11 is 11.8. The summed E-state index contributed by atoms with van der Waals surface area (Å²) in [4.78, 5) is 30.1. The molecule has 1 amide bonds. The average molecular weight is 468 g/mol. The minimum atomic E-state index is -0.238. The number of benzene rings is 2. The third kappa shape index (κ3) is 4.33. The van der Waals surface area contributed by atoms with Crippen LogP contribution in [0.5, 0.6) is 5.75 Å². The Balaban J connectivity index is 1.75. The van der Waals surface area contributed by atoms with Crippen LogP contribution in [-0.2, 0) is 11.2 Å². The Morgan fingerprint density at radius 1 is 1.06 bits per heavy atom. The molecular formula is C24H19Cl2N3O3. The maximum atomic E-state index is 13.3. The second kappa shape index (κ2) is 9.02. The van der Waals surface area contributed by atoms with E-state index in [1.54, 1.807) is 54.1 Å². The van der Waals surface area contributed by atoms with Crippen molar-refractivity contribution in [3.8, 4) is 5.75 Å². The van der Waals surface area contributed by atoms with Crippen molar-refractivity contribution in [3.63, 3.8) is 0 Å². The minimum absolute atomic E-state index is 0.0685. The van der Waals surface area contributed by atoms with E-state index in [-0.39, 0.29) is 18.2 Å². The van der Waals surface area contributed by atoms with E-state index in [2.05, 4.69) is 10.3 Å². The molecule has 0 spiro atoms. The molecular weight excluding hydrogens is 449 g/mol. The number of halogens is 2. The molecule has 8 heteroatoms. The predicted octanol–water partition coefficient (Wildman–Crippen LogP) is 5.53. The highest BCUT2D eigenvalue weighted by Crippen LogP contribution is 2.31. The lowest BCUT2D eigenvalue weighted by molar-refractivity contribution is -0.115. The average Bonchev–Trinajstić information content (AvgIpc) is 3.06. The zero-order chi connectivity index (χ0) is 22.8. The molecule has 2 heterocycles. The Hall–Kier alpha value is -3.35. The summed E-state index contributed by atoms with van der Waals surface area (Å²) in [5.74, 6) is 0.193. The van der Waals surface area contributed by atoms with E-state index in [9.17, 15) is 9.59 Å². The van der Waals surface area contributed by atoms with Gasteiger partial charge in [0.1, 0.15) is 10.9 Å². The largest absolute Gasteiger partial charge is 0.497 e. The Labute approximate surface area is 194 Å². The van der Waals surface area contributed by atoms with Crippen LogP contribution in [0.2, 0.25) is 10.2 Å². The summed E-state index contributed by atoms with van der Waals surface area (Å²) in [7, 11) is 1.57. The fraction of sp³-hybridized carbons (Fsp3) is 0.125. The molecule has 0 aliphatic carbocycles. The van der Waals surface area contributed by atoms with Gasteiger partial charge in [-0.15, -0.1) is 0 Å². The molecule has 0 saturated carbocycles. The lowest BCUT2D eigenvalue weighted by atomic mass is 10.1. The summed E-state index contributed by atoms with van der Waals surface area (Å²) in [5.41, 5.74) is 3.14. The number of methoxy groups -OCH3 is 1. The van der Waals surface area contributed by atoms with Gasteiger partial charge < -0.3 is 10.1 Å². The lowest BCUT2D eigenvalue weighted by Crippen LogP contribution is -2.16. The van der Waals surface area contributed by atoms with Gasteiger partial charge >= 0.3 is 0 Å². The number of fused-ring (bicyclic) bond motifs is 1. The molecule has 0 unspecified atom stereocenters. The highest BCUT2D eigenvalue weighted by atomic mass is 35.5. The molecule has 0 atom stereocenters. The Morgan fingerprint density at radius 3 is 2.47 bits per heavy atom. The highest BCUT2D eigenvalue weighted by Gasteiger charge is 2.22. The highest BCUT2D eigenvalue weighted by molar-refractivity contribution is 6.30. The zero-order valence-electron chi connectivity index (χ0n) is 17.4. The maximum absolute atomic E-state index is 13.3. The fourth-order valence-electron chi connectivity index (χ4n) is 3.61. The topological polar surface area (TPSA) is 73.2 Å². The summed E-state index contributed by atoms with van der Waals surface area (Å²) < 4.78 is 6.98. The number of anilines is 1. The van der Waals surface area contributed by atoms with Gasteiger partial charge in [-0.25, -0.2) is 4.98 Å². The van der Waals surface area contributed by atoms with Gasteiger partial charge in [-0.3, -0.25) is 14.2 Å². The smallest absolute Gasteiger partial charge is 0.262 e. The normalized spacial score (nSPS) is 10.9. The maximum Gasteiger partial charge on any atom is 0.262 e. The van der Waals surface area contributed by atoms with Gasteiger partial charge in [-0.1, -0.05) is 23.2 Å². The molecule has 0 aliphatic heterocycles. The van der Waals surface area contributed by atoms with E-state index in [0.29, 0.717) is 38.4 Å². The summed E-state index contributed by atoms with van der Waals surface area (Å²) in [6.07, 6.45) is 1.56. The van der Waals surface area contributed by atoms with Gasteiger partial charge in [0.05, 0.1) is 30.9 Å². The number of carbonyl (C=O) groups excluding carboxylic acids is 2. The molecule has 6 nitrogen and oxygen atoms in total. The number of pyridine rings is 1. The molecule has 32 heavy (non-hydrogen) atoms. The standard InChI is InChI=1S/C24H19Cl2N3O3/c1-14-19(12-23(30)28-17-7-10-22(26)27-13-17)20-11-18(32-2)8-9-21(20)29(14)24(31)15-3-5-16(25)6-4-15/h3-11,13H,12H2,1-2H3,(H,28,30). The van der Waals surface area contributed by atoms with Crippen molar-refractivity contribution in [2.24, 2.45) is 0 Å². The van der Waals surface area contributed by atoms with E-state index in [1.807, 2.05) is 19.1 Å². The zero-order valence-corrected chi connectivity index (χ0v) is 18.9. The Bertz CT molecular complexity index is 1310. The van der Waals surface area contributed by atoms with Crippen molar-refractivity contribution in [2.45, 2.75) is 13.3 Å². The number of nitrogens with zero attached hydrogens (tertiary/aromatic N) is 2. The monoisotopic (exact) mass is 467 g/mol. The van der Waals surface area contributed by atoms with Crippen LogP contribution in [0.25, 0.3) is 10.9 Å². The van der Waals surface area contributed by atoms with Crippen molar-refractivity contribution < 1.29 is 14.3 Å². The molecule has 2 aromatic carbocycles. The minimum Gasteiger partial charge on any atom is -0.497 e. The van der Waals surface area contributed by atoms with E-state index >= 15 is 0 Å². The molecule has 1 N–H and O–H groups in total. The second-order valence-electron chi connectivity index (χ2n) is 7.19. The number of rotatable bonds is 5. The van der Waals surface area contributed by atoms with Crippen molar-refractivity contribution in [1.29, 1.82) is 0 Å². The molecule has 2 aromatic heterocycles. The van der Waals surface area contributed by atoms with Crippen LogP contribution in [-0.4, -0.2) is 28.5 Å². The van der Waals surface area contributed by atoms with Gasteiger partial charge in [0.15, 0.2) is 0 Å². The first-order chi connectivity index (χ1) is 15.4. The number of hydrogen-bond acceptors (Lipinski definition) is 4. The quantitative estimate of drug-likeness (QED) is 0.391. The predicted molar refractivity (Wildman–Crippen MR) is 126 cm³/mol. The Kier molecular flexibility index (Phi) is 6.17. The van der Waals surface area contributed by atoms with Gasteiger partial charge in [-0.05, 0) is 67.1 Å². The number of ether oxygens (including phenoxy) is 1. The van der Waals surface area contributed by atoms with Gasteiger partial charge in [0.25, 0.3) is 5.91 Å². The van der Waals surface area contributed by atoms with Crippen LogP contribution in [0.15, 0.2) is 60.8 Å². The summed E-state index contributed by atoms with van der Waals surface area (Å²) in [5, 5.41) is 4.48. The molecule has 0 fully saturated rings. The summed E-state index contributed by atoms with van der Waals surface area (Å²) in [6.45, 7) is 1.83. The SMILES string of the molecule is COc1ccc2c(c1)c(CC(=O)Nc1ccc(Cl)nc1)c(C)n2C(=O)c1ccc(Cl)cc1. The van der Waals surface area contributed by atoms with Crippen LogP contribution >= 0.6 is 23.2 Å². The van der Waals surface area contributed by atoms with Crippen molar-refractivity contribution in [3.05, 3.63) is 87.8 Å². The first-order valence-electron chi connectivity index (χ1n) is 9.77. The fourth-order valence-corrected chi connectivity index (χ4v) is 3.85. The number of amides is 1. The van der Waals surface area contributed by atoms with E-state index in [4.69, 9.17) is 27.9 Å². The van der Waals surface area contributed by atoms with Crippen LogP contribution in [0.1, 0.15) is 21.6 Å². The molecule has 4 rings (SSSR count). The van der Waals surface area contributed by atoms with Gasteiger partial charge in [0.2, 0.25) is 5.91 Å². The van der Waals surface area contributed by atoms with Crippen LogP contribution in [0.3, 0.4) is 0 Å². The number of carbonyl (C=O) groups is 2. The van der Waals surface area contributed by atoms with Crippen molar-refractivity contribution in [2.75, 3.05) is 12.4 Å². The summed E-state index contributed by atoms with van der Waals surface area (Å²) in [6, 6.07) is 15.4. The first-order valence-corrected chi connectivity index (χ1v) is 10.5.